The van der Waals surface area contributed by atoms with Gasteiger partial charge in [0.1, 0.15) is 0 Å². The van der Waals surface area contributed by atoms with E-state index in [2.05, 4.69) is 5.32 Å². The molecule has 0 fully saturated rings. The number of nitrogens with one attached hydrogen (secondary N) is 1. The Morgan fingerprint density at radius 1 is 1.47 bits per heavy atom. The van der Waals surface area contributed by atoms with Crippen molar-refractivity contribution in [3.63, 3.8) is 0 Å². The molecule has 0 amide bonds. The van der Waals surface area contributed by atoms with Gasteiger partial charge in [0.2, 0.25) is 12.5 Å². The van der Waals surface area contributed by atoms with Crippen LogP contribution >= 0.6 is 0 Å². The Labute approximate surface area is 99.7 Å². The van der Waals surface area contributed by atoms with E-state index in [1.165, 1.54) is 7.11 Å². The molecule has 0 saturated heterocycles. The number of hydrogen-bond donors (Lipinski definition) is 1. The van der Waals surface area contributed by atoms with Crippen molar-refractivity contribution in [2.75, 3.05) is 21.0 Å². The molecule has 1 aromatic carbocycles. The number of hydrogen-bond acceptors (Lipinski definition) is 5. The summed E-state index contributed by atoms with van der Waals surface area (Å²) >= 11 is 0. The molecule has 0 saturated carbocycles. The number of fused-ring (bicyclic) bond motifs is 1. The molecule has 0 spiro atoms. The zero-order chi connectivity index (χ0) is 12.4. The molecule has 1 aromatic rings. The highest BCUT2D eigenvalue weighted by Gasteiger charge is 2.23. The van der Waals surface area contributed by atoms with E-state index in [-0.39, 0.29) is 18.6 Å². The molecule has 0 unspecified atom stereocenters. The van der Waals surface area contributed by atoms with Gasteiger partial charge in [0.25, 0.3) is 0 Å². The monoisotopic (exact) mass is 237 g/mol. The van der Waals surface area contributed by atoms with Crippen LogP contribution in [0.3, 0.4) is 0 Å². The molecule has 5 nitrogen and oxygen atoms in total. The Balaban J connectivity index is 2.40. The molecule has 0 radical (unpaired) electrons. The molecular weight excluding hydrogens is 222 g/mol. The number of carbonyl (C=O) groups is 1. The highest BCUT2D eigenvalue weighted by molar-refractivity contribution is 6.01. The highest BCUT2D eigenvalue weighted by Crippen LogP contribution is 2.41. The molecule has 1 heterocycles. The summed E-state index contributed by atoms with van der Waals surface area (Å²) in [6, 6.07) is 3.10. The van der Waals surface area contributed by atoms with Gasteiger partial charge in [-0.3, -0.25) is 4.79 Å². The van der Waals surface area contributed by atoms with Crippen LogP contribution in [0, 0.1) is 0 Å². The van der Waals surface area contributed by atoms with Crippen molar-refractivity contribution in [3.8, 4) is 17.2 Å². The van der Waals surface area contributed by atoms with Gasteiger partial charge in [0.05, 0.1) is 13.2 Å². The predicted octanol–water partition coefficient (Wildman–Crippen LogP) is 1.21. The third-order valence-electron chi connectivity index (χ3n) is 2.77. The Kier molecular flexibility index (Phi) is 3.19. The van der Waals surface area contributed by atoms with Gasteiger partial charge in [-0.25, -0.2) is 0 Å². The lowest BCUT2D eigenvalue weighted by Gasteiger charge is -2.11. The number of benzene rings is 1. The van der Waals surface area contributed by atoms with E-state index in [9.17, 15) is 4.79 Å². The number of ether oxygens (including phenoxy) is 3. The van der Waals surface area contributed by atoms with Crippen LogP contribution < -0.4 is 19.5 Å². The molecule has 1 aliphatic rings. The first kappa shape index (κ1) is 11.7. The molecule has 92 valence electrons. The minimum Gasteiger partial charge on any atom is -0.493 e. The molecule has 1 N–H and O–H groups in total. The molecule has 1 atom stereocenters. The van der Waals surface area contributed by atoms with Gasteiger partial charge in [-0.05, 0) is 26.1 Å². The number of rotatable bonds is 4. The molecule has 17 heavy (non-hydrogen) atoms. The standard InChI is InChI=1S/C12H15NO4/c1-7(13-2)11(14)8-4-9(15-3)12-10(5-8)16-6-17-12/h4-5,7,13H,6H2,1-3H3/t7-/m1/s1. The van der Waals surface area contributed by atoms with Crippen LogP contribution in [0.2, 0.25) is 0 Å². The fourth-order valence-corrected chi connectivity index (χ4v) is 1.65. The molecule has 0 aromatic heterocycles. The summed E-state index contributed by atoms with van der Waals surface area (Å²) < 4.78 is 15.7. The zero-order valence-electron chi connectivity index (χ0n) is 10.1. The summed E-state index contributed by atoms with van der Waals surface area (Å²) in [5.41, 5.74) is 0.549. The second-order valence-electron chi connectivity index (χ2n) is 3.79. The minimum absolute atomic E-state index is 0.0101. The maximum absolute atomic E-state index is 12.0. The fourth-order valence-electron chi connectivity index (χ4n) is 1.65. The van der Waals surface area contributed by atoms with Gasteiger partial charge < -0.3 is 19.5 Å². The Morgan fingerprint density at radius 2 is 2.24 bits per heavy atom. The lowest BCUT2D eigenvalue weighted by Crippen LogP contribution is -2.30. The smallest absolute Gasteiger partial charge is 0.231 e. The SMILES string of the molecule is CN[C@H](C)C(=O)c1cc(OC)c2c(c1)OCO2. The van der Waals surface area contributed by atoms with Crippen LogP contribution in [0.5, 0.6) is 17.2 Å². The van der Waals surface area contributed by atoms with Crippen molar-refractivity contribution < 1.29 is 19.0 Å². The summed E-state index contributed by atoms with van der Waals surface area (Å²) in [7, 11) is 3.28. The Bertz CT molecular complexity index is 444. The maximum Gasteiger partial charge on any atom is 0.231 e. The fraction of sp³-hybridized carbons (Fsp3) is 0.417. The molecule has 0 aliphatic carbocycles. The number of Topliss-reactive ketones (excluding diaryl/α,β-unsaturated/α-hetero) is 1. The number of carbonyl (C=O) groups excluding carboxylic acids is 1. The number of ketones is 1. The summed E-state index contributed by atoms with van der Waals surface area (Å²) in [5.74, 6) is 1.62. The van der Waals surface area contributed by atoms with Crippen LogP contribution in [-0.2, 0) is 0 Å². The van der Waals surface area contributed by atoms with Crippen molar-refractivity contribution in [1.82, 2.24) is 5.32 Å². The van der Waals surface area contributed by atoms with Crippen LogP contribution in [-0.4, -0.2) is 32.8 Å². The van der Waals surface area contributed by atoms with E-state index in [4.69, 9.17) is 14.2 Å². The topological polar surface area (TPSA) is 56.8 Å². The first-order valence-electron chi connectivity index (χ1n) is 5.36. The van der Waals surface area contributed by atoms with E-state index < -0.39 is 0 Å². The molecule has 5 heteroatoms. The molecule has 0 bridgehead atoms. The predicted molar refractivity (Wildman–Crippen MR) is 62.0 cm³/mol. The lowest BCUT2D eigenvalue weighted by atomic mass is 10.0. The van der Waals surface area contributed by atoms with Gasteiger partial charge in [0.15, 0.2) is 17.3 Å². The average Bonchev–Trinajstić information content (AvgIpc) is 2.83. The molecule has 2 rings (SSSR count). The van der Waals surface area contributed by atoms with Crippen LogP contribution in [0.15, 0.2) is 12.1 Å². The zero-order valence-corrected chi connectivity index (χ0v) is 10.1. The van der Waals surface area contributed by atoms with E-state index in [1.54, 1.807) is 26.1 Å². The van der Waals surface area contributed by atoms with Crippen molar-refractivity contribution in [3.05, 3.63) is 17.7 Å². The lowest BCUT2D eigenvalue weighted by molar-refractivity contribution is 0.0954. The number of methoxy groups -OCH3 is 1. The summed E-state index contributed by atoms with van der Waals surface area (Å²) in [6.45, 7) is 1.96. The van der Waals surface area contributed by atoms with Gasteiger partial charge >= 0.3 is 0 Å². The van der Waals surface area contributed by atoms with E-state index in [0.29, 0.717) is 22.8 Å². The van der Waals surface area contributed by atoms with E-state index >= 15 is 0 Å². The summed E-state index contributed by atoms with van der Waals surface area (Å²) in [4.78, 5) is 12.0. The first-order valence-corrected chi connectivity index (χ1v) is 5.36. The summed E-state index contributed by atoms with van der Waals surface area (Å²) in [6.07, 6.45) is 0. The van der Waals surface area contributed by atoms with E-state index in [1.807, 2.05) is 0 Å². The van der Waals surface area contributed by atoms with E-state index in [0.717, 1.165) is 0 Å². The quantitative estimate of drug-likeness (QED) is 0.798. The first-order chi connectivity index (χ1) is 8.17. The van der Waals surface area contributed by atoms with Crippen molar-refractivity contribution in [2.45, 2.75) is 13.0 Å². The maximum atomic E-state index is 12.0. The van der Waals surface area contributed by atoms with Gasteiger partial charge in [-0.15, -0.1) is 0 Å². The Hall–Kier alpha value is -1.75. The second-order valence-corrected chi connectivity index (χ2v) is 3.79. The normalized spacial score (nSPS) is 14.5. The summed E-state index contributed by atoms with van der Waals surface area (Å²) in [5, 5.41) is 2.91. The van der Waals surface area contributed by atoms with Crippen molar-refractivity contribution in [1.29, 1.82) is 0 Å². The van der Waals surface area contributed by atoms with Crippen molar-refractivity contribution >= 4 is 5.78 Å². The molecular formula is C12H15NO4. The van der Waals surface area contributed by atoms with Gasteiger partial charge in [0, 0.05) is 5.56 Å². The minimum atomic E-state index is -0.250. The second kappa shape index (κ2) is 4.63. The van der Waals surface area contributed by atoms with Crippen molar-refractivity contribution in [2.24, 2.45) is 0 Å². The largest absolute Gasteiger partial charge is 0.493 e. The average molecular weight is 237 g/mol. The Morgan fingerprint density at radius 3 is 2.88 bits per heavy atom. The van der Waals surface area contributed by atoms with Gasteiger partial charge in [-0.1, -0.05) is 0 Å². The number of likely N-dealkylation sites (N-methyl/N-ethyl adjacent to an activating group) is 1. The van der Waals surface area contributed by atoms with Crippen LogP contribution in [0.1, 0.15) is 17.3 Å². The third kappa shape index (κ3) is 2.06. The van der Waals surface area contributed by atoms with Crippen LogP contribution in [0.4, 0.5) is 0 Å². The highest BCUT2D eigenvalue weighted by atomic mass is 16.7. The molecule has 1 aliphatic heterocycles. The third-order valence-corrected chi connectivity index (χ3v) is 2.77. The van der Waals surface area contributed by atoms with Gasteiger partial charge in [-0.2, -0.15) is 0 Å². The van der Waals surface area contributed by atoms with Crippen LogP contribution in [0.25, 0.3) is 0 Å².